The minimum Gasteiger partial charge on any atom is -0.459 e. The number of rotatable bonds is 9. The molecule has 59 heavy (non-hydrogen) atoms. The van der Waals surface area contributed by atoms with Crippen molar-refractivity contribution in [3.05, 3.63) is 36.2 Å². The van der Waals surface area contributed by atoms with E-state index in [1.165, 1.54) is 13.8 Å². The molecular weight excluding hydrogens is 764 g/mol. The molecule has 0 aromatic carbocycles. The SMILES string of the molecule is CC[C@H]1OC(=O)[C@H](C)C(=O)[C@H](C)[C@@H](O[C@@H]2O[C@H](C)C[C@H](N(C)C)[C@H]2O)[C@@]2(C)C[C@@H](C)C3=NC(=O)C(COC/C=C/c4ccccn4)O/N=C(/CO[C@H]([C@H]3C)[C@]1(C)O)CO2. The average Bonchev–Trinajstić information content (AvgIpc) is 3.22. The van der Waals surface area contributed by atoms with Gasteiger partial charge in [0.2, 0.25) is 6.10 Å². The maximum Gasteiger partial charge on any atom is 0.316 e. The first-order valence-corrected chi connectivity index (χ1v) is 20.7. The normalized spacial score (nSPS) is 40.1. The summed E-state index contributed by atoms with van der Waals surface area (Å²) in [6.45, 7) is 13.3. The molecule has 3 fully saturated rings. The third kappa shape index (κ3) is 10.9. The second-order valence-corrected chi connectivity index (χ2v) is 17.1. The molecule has 1 amide bonds. The van der Waals surface area contributed by atoms with Gasteiger partial charge in [0.05, 0.1) is 56.0 Å². The Morgan fingerprint density at radius 3 is 2.47 bits per heavy atom. The molecule has 5 rings (SSSR count). The number of cyclic esters (lactones) is 1. The molecule has 0 aliphatic carbocycles. The van der Waals surface area contributed by atoms with Crippen LogP contribution in [-0.2, 0) is 47.6 Å². The van der Waals surface area contributed by atoms with Crippen LogP contribution < -0.4 is 0 Å². The fourth-order valence-corrected chi connectivity index (χ4v) is 8.80. The summed E-state index contributed by atoms with van der Waals surface area (Å²) in [5.41, 5.74) is -1.90. The number of ether oxygens (including phenoxy) is 6. The van der Waals surface area contributed by atoms with Crippen LogP contribution in [0.2, 0.25) is 0 Å². The number of Topliss-reactive ketones (excluding diaryl/α,β-unsaturated/α-hetero) is 1. The van der Waals surface area contributed by atoms with E-state index in [2.05, 4.69) is 15.1 Å². The Morgan fingerprint density at radius 1 is 1.05 bits per heavy atom. The van der Waals surface area contributed by atoms with E-state index >= 15 is 0 Å². The third-order valence-electron chi connectivity index (χ3n) is 12.1. The Labute approximate surface area is 347 Å². The first-order chi connectivity index (χ1) is 27.9. The monoisotopic (exact) mass is 828 g/mol. The highest BCUT2D eigenvalue weighted by atomic mass is 16.7. The summed E-state index contributed by atoms with van der Waals surface area (Å²) in [6.07, 6.45) is -1.03. The van der Waals surface area contributed by atoms with Crippen molar-refractivity contribution in [3.8, 4) is 0 Å². The van der Waals surface area contributed by atoms with E-state index in [9.17, 15) is 24.6 Å². The zero-order valence-corrected chi connectivity index (χ0v) is 36.1. The molecule has 1 unspecified atom stereocenters. The number of fused-ring (bicyclic) bond motifs is 4. The lowest BCUT2D eigenvalue weighted by molar-refractivity contribution is -0.296. The molecule has 4 bridgehead atoms. The minimum atomic E-state index is -1.84. The molecule has 16 heteroatoms. The molecule has 14 atom stereocenters. The van der Waals surface area contributed by atoms with Crippen LogP contribution >= 0.6 is 0 Å². The van der Waals surface area contributed by atoms with E-state index in [0.29, 0.717) is 12.1 Å². The van der Waals surface area contributed by atoms with Crippen LogP contribution in [0, 0.1) is 23.7 Å². The van der Waals surface area contributed by atoms with Gasteiger partial charge in [-0.1, -0.05) is 45.0 Å². The van der Waals surface area contributed by atoms with Gasteiger partial charge < -0.3 is 48.4 Å². The Morgan fingerprint density at radius 2 is 1.80 bits per heavy atom. The van der Waals surface area contributed by atoms with Crippen LogP contribution in [0.15, 0.2) is 40.6 Å². The van der Waals surface area contributed by atoms with E-state index in [0.717, 1.165) is 5.69 Å². The molecule has 3 saturated heterocycles. The summed E-state index contributed by atoms with van der Waals surface area (Å²) >= 11 is 0. The number of hydrogen-bond acceptors (Lipinski definition) is 15. The summed E-state index contributed by atoms with van der Waals surface area (Å²) in [4.78, 5) is 59.2. The maximum absolute atomic E-state index is 14.4. The smallest absolute Gasteiger partial charge is 0.316 e. The number of aromatic nitrogens is 1. The second kappa shape index (κ2) is 19.9. The Kier molecular flexibility index (Phi) is 15.7. The summed E-state index contributed by atoms with van der Waals surface area (Å²) in [5.74, 6) is -5.57. The van der Waals surface area contributed by atoms with Gasteiger partial charge in [-0.05, 0) is 85.2 Å². The van der Waals surface area contributed by atoms with Crippen LogP contribution in [0.5, 0.6) is 0 Å². The number of hydrogen-bond donors (Lipinski definition) is 2. The summed E-state index contributed by atoms with van der Waals surface area (Å²) < 4.78 is 38.1. The number of aliphatic hydroxyl groups is 2. The van der Waals surface area contributed by atoms with E-state index < -0.39 is 89.3 Å². The molecule has 5 heterocycles. The van der Waals surface area contributed by atoms with Crippen LogP contribution in [-0.4, -0.2) is 150 Å². The molecule has 1 aromatic rings. The topological polar surface area (TPSA) is 197 Å². The number of esters is 1. The zero-order valence-electron chi connectivity index (χ0n) is 36.1. The first-order valence-electron chi connectivity index (χ1n) is 20.7. The highest BCUT2D eigenvalue weighted by molar-refractivity contribution is 6.01. The molecule has 16 nitrogen and oxygen atoms in total. The number of carbonyl (C=O) groups is 3. The lowest BCUT2D eigenvalue weighted by Crippen LogP contribution is -2.60. The van der Waals surface area contributed by atoms with Crippen molar-refractivity contribution >= 4 is 35.2 Å². The van der Waals surface area contributed by atoms with Gasteiger partial charge in [-0.15, -0.1) is 0 Å². The Hall–Kier alpha value is -3.48. The van der Waals surface area contributed by atoms with Crippen molar-refractivity contribution in [1.82, 2.24) is 9.88 Å². The van der Waals surface area contributed by atoms with Gasteiger partial charge in [-0.3, -0.25) is 19.4 Å². The summed E-state index contributed by atoms with van der Waals surface area (Å²) in [7, 11) is 3.73. The van der Waals surface area contributed by atoms with Crippen molar-refractivity contribution in [2.45, 2.75) is 135 Å². The molecule has 0 saturated carbocycles. The number of pyridine rings is 1. The minimum absolute atomic E-state index is 0.139. The average molecular weight is 829 g/mol. The number of oxime groups is 1. The van der Waals surface area contributed by atoms with E-state index in [-0.39, 0.29) is 57.1 Å². The highest BCUT2D eigenvalue weighted by Gasteiger charge is 2.53. The number of aliphatic imine (C=N–C) groups is 1. The van der Waals surface area contributed by atoms with Crippen LogP contribution in [0.4, 0.5) is 0 Å². The Bertz CT molecular complexity index is 1700. The van der Waals surface area contributed by atoms with Gasteiger partial charge in [0.25, 0.3) is 5.91 Å². The molecule has 2 N–H and O–H groups in total. The number of likely N-dealkylation sites (N-methyl/N-ethyl adjacent to an activating group) is 1. The Balaban J connectivity index is 1.61. The predicted octanol–water partition coefficient (Wildman–Crippen LogP) is 3.41. The predicted molar refractivity (Wildman–Crippen MR) is 217 cm³/mol. The van der Waals surface area contributed by atoms with Crippen molar-refractivity contribution in [1.29, 1.82) is 0 Å². The number of ketones is 1. The second-order valence-electron chi connectivity index (χ2n) is 17.1. The first kappa shape index (κ1) is 46.6. The molecule has 0 spiro atoms. The van der Waals surface area contributed by atoms with Crippen molar-refractivity contribution in [3.63, 3.8) is 0 Å². The number of amides is 1. The van der Waals surface area contributed by atoms with Crippen molar-refractivity contribution < 1.29 is 57.9 Å². The number of carbonyl (C=O) groups excluding carboxylic acids is 3. The molecule has 328 valence electrons. The van der Waals surface area contributed by atoms with Crippen LogP contribution in [0.1, 0.15) is 80.3 Å². The number of nitrogens with zero attached hydrogens (tertiary/aromatic N) is 4. The maximum atomic E-state index is 14.4. The highest BCUT2D eigenvalue weighted by Crippen LogP contribution is 2.40. The lowest BCUT2D eigenvalue weighted by atomic mass is 9.73. The van der Waals surface area contributed by atoms with Gasteiger partial charge in [0.15, 0.2) is 12.1 Å². The quantitative estimate of drug-likeness (QED) is 0.209. The molecule has 4 aliphatic rings. The molecular formula is C43H64N4O12. The summed E-state index contributed by atoms with van der Waals surface area (Å²) in [6, 6.07) is 5.23. The van der Waals surface area contributed by atoms with E-state index in [1.807, 2.05) is 51.0 Å². The van der Waals surface area contributed by atoms with Crippen molar-refractivity contribution in [2.24, 2.45) is 33.8 Å². The third-order valence-corrected chi connectivity index (χ3v) is 12.1. The zero-order chi connectivity index (χ0) is 43.2. The fraction of sp³-hybridized carbons (Fsp3) is 0.721. The lowest BCUT2D eigenvalue weighted by Gasteiger charge is -2.47. The standard InChI is InChI=1S/C43H64N4O12/c1-11-33-43(8,52)38-26(4)34-24(2)20-42(7,37(27(5)35(48)28(6)40(51)57-33)58-41-36(49)31(47(9)10)19-25(3)56-41)55-22-30(21-54-38)46-59-32(39(50)45-34)23-53-18-14-16-29-15-12-13-17-44-29/h12-17,24-28,31-33,36-38,41,49,52H,11,18-23H2,1-10H3/b16-14+,45-34?,46-30-/t24-,25-,26+,27+,28-,31+,32?,33-,36-,37-,38-,41+,42-,43-/m1/s1. The van der Waals surface area contributed by atoms with Gasteiger partial charge in [0.1, 0.15) is 29.4 Å². The van der Waals surface area contributed by atoms with E-state index in [4.69, 9.17) is 33.3 Å². The molecule has 1 aromatic heterocycles. The fourth-order valence-electron chi connectivity index (χ4n) is 8.80. The van der Waals surface area contributed by atoms with E-state index in [1.54, 1.807) is 46.0 Å². The van der Waals surface area contributed by atoms with Gasteiger partial charge >= 0.3 is 5.97 Å². The van der Waals surface area contributed by atoms with Gasteiger partial charge in [0, 0.05) is 29.8 Å². The summed E-state index contributed by atoms with van der Waals surface area (Å²) in [5, 5.41) is 28.4. The molecule has 0 radical (unpaired) electrons. The van der Waals surface area contributed by atoms with Crippen LogP contribution in [0.3, 0.4) is 0 Å². The number of aliphatic hydroxyl groups excluding tert-OH is 1. The largest absolute Gasteiger partial charge is 0.459 e. The van der Waals surface area contributed by atoms with Crippen molar-refractivity contribution in [2.75, 3.05) is 40.5 Å². The molecule has 4 aliphatic heterocycles. The van der Waals surface area contributed by atoms with Crippen LogP contribution in [0.25, 0.3) is 6.08 Å². The van der Waals surface area contributed by atoms with Gasteiger partial charge in [-0.25, -0.2) is 4.99 Å². The van der Waals surface area contributed by atoms with Gasteiger partial charge in [-0.2, -0.15) is 0 Å².